The summed E-state index contributed by atoms with van der Waals surface area (Å²) in [5.74, 6) is -6.45. The van der Waals surface area contributed by atoms with Gasteiger partial charge in [0.15, 0.2) is 0 Å². The van der Waals surface area contributed by atoms with E-state index in [0.29, 0.717) is 0 Å². The van der Waals surface area contributed by atoms with Gasteiger partial charge in [-0.05, 0) is 31.5 Å². The molecule has 1 aliphatic rings. The third-order valence-electron chi connectivity index (χ3n) is 4.46. The first-order valence-corrected chi connectivity index (χ1v) is 8.21. The number of halogens is 5. The standard InChI is InChI=1S/C17H15F5N2O3/c1-2-27-15(26)16(18,19)8-9-5-6-24-13(9)23-12-7-10(17(20,21)22)3-4-11(12)14(24)25/h3-4,7,9H,2,5-6,8H2,1H3. The Labute approximate surface area is 149 Å². The number of hydrogen-bond acceptors (Lipinski definition) is 4. The number of ether oxygens (including phenoxy) is 1. The Morgan fingerprint density at radius 3 is 2.63 bits per heavy atom. The highest BCUT2D eigenvalue weighted by Gasteiger charge is 2.45. The highest BCUT2D eigenvalue weighted by Crippen LogP contribution is 2.37. The molecule has 146 valence electrons. The van der Waals surface area contributed by atoms with E-state index in [0.717, 1.165) is 18.2 Å². The van der Waals surface area contributed by atoms with E-state index in [-0.39, 0.29) is 36.3 Å². The van der Waals surface area contributed by atoms with Crippen LogP contribution in [0.4, 0.5) is 22.0 Å². The zero-order chi connectivity index (χ0) is 20.0. The molecule has 2 heterocycles. The molecule has 0 spiro atoms. The van der Waals surface area contributed by atoms with Crippen LogP contribution in [-0.2, 0) is 22.3 Å². The van der Waals surface area contributed by atoms with Crippen LogP contribution in [0, 0.1) is 0 Å². The predicted octanol–water partition coefficient (Wildman–Crippen LogP) is 3.49. The third-order valence-corrected chi connectivity index (χ3v) is 4.46. The van der Waals surface area contributed by atoms with Gasteiger partial charge < -0.3 is 4.74 Å². The summed E-state index contributed by atoms with van der Waals surface area (Å²) in [7, 11) is 0. The van der Waals surface area contributed by atoms with Gasteiger partial charge in [-0.25, -0.2) is 9.78 Å². The molecule has 1 aromatic heterocycles. The van der Waals surface area contributed by atoms with Crippen molar-refractivity contribution in [1.29, 1.82) is 0 Å². The summed E-state index contributed by atoms with van der Waals surface area (Å²) in [5.41, 5.74) is -1.80. The second kappa shape index (κ2) is 6.58. The number of alkyl halides is 5. The number of nitrogens with zero attached hydrogens (tertiary/aromatic N) is 2. The molecule has 2 aromatic rings. The average Bonchev–Trinajstić information content (AvgIpc) is 2.96. The molecule has 10 heteroatoms. The Morgan fingerprint density at radius 2 is 2.00 bits per heavy atom. The molecule has 5 nitrogen and oxygen atoms in total. The van der Waals surface area contributed by atoms with Gasteiger partial charge in [0.05, 0.1) is 23.1 Å². The van der Waals surface area contributed by atoms with Gasteiger partial charge in [0.25, 0.3) is 5.56 Å². The van der Waals surface area contributed by atoms with Crippen LogP contribution < -0.4 is 5.56 Å². The Balaban J connectivity index is 2.02. The normalized spacial score (nSPS) is 17.2. The predicted molar refractivity (Wildman–Crippen MR) is 84.6 cm³/mol. The molecule has 27 heavy (non-hydrogen) atoms. The first-order chi connectivity index (χ1) is 12.5. The summed E-state index contributed by atoms with van der Waals surface area (Å²) < 4.78 is 72.3. The van der Waals surface area contributed by atoms with Gasteiger partial charge in [0.1, 0.15) is 5.82 Å². The van der Waals surface area contributed by atoms with Gasteiger partial charge in [-0.1, -0.05) is 0 Å². The minimum absolute atomic E-state index is 0.0236. The van der Waals surface area contributed by atoms with Gasteiger partial charge in [-0.3, -0.25) is 9.36 Å². The van der Waals surface area contributed by atoms with Gasteiger partial charge in [-0.2, -0.15) is 22.0 Å². The molecule has 0 saturated heterocycles. The van der Waals surface area contributed by atoms with Gasteiger partial charge in [-0.15, -0.1) is 0 Å². The fourth-order valence-electron chi connectivity index (χ4n) is 3.18. The minimum atomic E-state index is -4.62. The van der Waals surface area contributed by atoms with E-state index in [1.54, 1.807) is 0 Å². The van der Waals surface area contributed by atoms with E-state index in [1.165, 1.54) is 11.5 Å². The van der Waals surface area contributed by atoms with Crippen molar-refractivity contribution in [2.75, 3.05) is 6.61 Å². The van der Waals surface area contributed by atoms with Crippen molar-refractivity contribution >= 4 is 16.9 Å². The quantitative estimate of drug-likeness (QED) is 0.592. The molecule has 1 unspecified atom stereocenters. The van der Waals surface area contributed by atoms with E-state index in [1.807, 2.05) is 0 Å². The van der Waals surface area contributed by atoms with Crippen molar-refractivity contribution in [3.63, 3.8) is 0 Å². The molecule has 1 aromatic carbocycles. The lowest BCUT2D eigenvalue weighted by Crippen LogP contribution is -2.33. The first-order valence-electron chi connectivity index (χ1n) is 8.21. The molecule has 3 rings (SSSR count). The van der Waals surface area contributed by atoms with Crippen molar-refractivity contribution in [2.45, 2.75) is 44.3 Å². The number of carbonyl (C=O) groups is 1. The maximum atomic E-state index is 14.0. The SMILES string of the molecule is CCOC(=O)C(F)(F)CC1CCn2c1nc1cc(C(F)(F)F)ccc1c2=O. The second-order valence-electron chi connectivity index (χ2n) is 6.27. The van der Waals surface area contributed by atoms with Crippen molar-refractivity contribution < 1.29 is 31.5 Å². The number of rotatable bonds is 4. The van der Waals surface area contributed by atoms with Crippen LogP contribution in [0.25, 0.3) is 10.9 Å². The molecule has 0 radical (unpaired) electrons. The lowest BCUT2D eigenvalue weighted by Gasteiger charge is -2.18. The zero-order valence-electron chi connectivity index (χ0n) is 14.1. The number of fused-ring (bicyclic) bond motifs is 2. The van der Waals surface area contributed by atoms with Crippen molar-refractivity contribution in [3.8, 4) is 0 Å². The summed E-state index contributed by atoms with van der Waals surface area (Å²) >= 11 is 0. The summed E-state index contributed by atoms with van der Waals surface area (Å²) in [6, 6.07) is 2.53. The van der Waals surface area contributed by atoms with Crippen LogP contribution in [0.2, 0.25) is 0 Å². The maximum Gasteiger partial charge on any atom is 0.416 e. The van der Waals surface area contributed by atoms with E-state index in [2.05, 4.69) is 9.72 Å². The van der Waals surface area contributed by atoms with E-state index in [4.69, 9.17) is 0 Å². The number of benzene rings is 1. The third kappa shape index (κ3) is 3.52. The molecule has 0 amide bonds. The Bertz CT molecular complexity index is 952. The first kappa shape index (κ1) is 19.2. The van der Waals surface area contributed by atoms with Crippen LogP contribution in [-0.4, -0.2) is 28.0 Å². The highest BCUT2D eigenvalue weighted by molar-refractivity contribution is 5.79. The lowest BCUT2D eigenvalue weighted by molar-refractivity contribution is -0.173. The summed E-state index contributed by atoms with van der Waals surface area (Å²) in [4.78, 5) is 27.9. The number of aromatic nitrogens is 2. The molecule has 1 aliphatic heterocycles. The zero-order valence-corrected chi connectivity index (χ0v) is 14.1. The van der Waals surface area contributed by atoms with Crippen LogP contribution in [0.15, 0.2) is 23.0 Å². The van der Waals surface area contributed by atoms with Gasteiger partial charge >= 0.3 is 18.1 Å². The molecule has 0 fully saturated rings. The fraction of sp³-hybridized carbons (Fsp3) is 0.471. The van der Waals surface area contributed by atoms with Crippen molar-refractivity contribution in [1.82, 2.24) is 9.55 Å². The smallest absolute Gasteiger partial charge is 0.416 e. The Kier molecular flexibility index (Phi) is 4.69. The maximum absolute atomic E-state index is 14.0. The van der Waals surface area contributed by atoms with Gasteiger partial charge in [0, 0.05) is 18.9 Å². The lowest BCUT2D eigenvalue weighted by atomic mass is 9.98. The minimum Gasteiger partial charge on any atom is -0.462 e. The number of carbonyl (C=O) groups excluding carboxylic acids is 1. The summed E-state index contributed by atoms with van der Waals surface area (Å²) in [5, 5.41) is -0.0236. The van der Waals surface area contributed by atoms with E-state index in [9.17, 15) is 31.5 Å². The highest BCUT2D eigenvalue weighted by atomic mass is 19.4. The van der Waals surface area contributed by atoms with Gasteiger partial charge in [0.2, 0.25) is 0 Å². The molecular formula is C17H15F5N2O3. The molecule has 1 atom stereocenters. The molecule has 0 saturated carbocycles. The molecule has 0 N–H and O–H groups in total. The van der Waals surface area contributed by atoms with Crippen LogP contribution in [0.3, 0.4) is 0 Å². The average molecular weight is 390 g/mol. The molecule has 0 bridgehead atoms. The Morgan fingerprint density at radius 1 is 1.30 bits per heavy atom. The summed E-state index contributed by atoms with van der Waals surface area (Å²) in [6.45, 7) is 1.28. The van der Waals surface area contributed by atoms with E-state index >= 15 is 0 Å². The van der Waals surface area contributed by atoms with Crippen LogP contribution in [0.5, 0.6) is 0 Å². The molecular weight excluding hydrogens is 375 g/mol. The monoisotopic (exact) mass is 390 g/mol. The van der Waals surface area contributed by atoms with Crippen LogP contribution in [0.1, 0.15) is 37.1 Å². The second-order valence-corrected chi connectivity index (χ2v) is 6.27. The number of hydrogen-bond donors (Lipinski definition) is 0. The summed E-state index contributed by atoms with van der Waals surface area (Å²) in [6.07, 6.45) is -5.43. The topological polar surface area (TPSA) is 61.2 Å². The number of esters is 1. The van der Waals surface area contributed by atoms with E-state index < -0.39 is 41.5 Å². The van der Waals surface area contributed by atoms with Crippen LogP contribution >= 0.6 is 0 Å². The largest absolute Gasteiger partial charge is 0.462 e. The molecule has 0 aliphatic carbocycles. The fourth-order valence-corrected chi connectivity index (χ4v) is 3.18. The van der Waals surface area contributed by atoms with Crippen molar-refractivity contribution in [3.05, 3.63) is 39.9 Å². The van der Waals surface area contributed by atoms with Crippen molar-refractivity contribution in [2.24, 2.45) is 0 Å². The Hall–Kier alpha value is -2.52.